The molecule has 0 aromatic carbocycles. The minimum atomic E-state index is -0.413. The van der Waals surface area contributed by atoms with Crippen molar-refractivity contribution < 1.29 is 13.9 Å². The average Bonchev–Trinajstić information content (AvgIpc) is 3.10. The molecule has 3 heterocycles. The van der Waals surface area contributed by atoms with Crippen LogP contribution in [0.2, 0.25) is 0 Å². The summed E-state index contributed by atoms with van der Waals surface area (Å²) in [5.41, 5.74) is 0. The molecule has 0 radical (unpaired) electrons. The van der Waals surface area contributed by atoms with Crippen LogP contribution in [0.5, 0.6) is 0 Å². The van der Waals surface area contributed by atoms with E-state index >= 15 is 0 Å². The highest BCUT2D eigenvalue weighted by Gasteiger charge is 2.35. The summed E-state index contributed by atoms with van der Waals surface area (Å²) in [5.74, 6) is 0.710. The zero-order valence-corrected chi connectivity index (χ0v) is 12.8. The normalized spacial score (nSPS) is 28.0. The van der Waals surface area contributed by atoms with Gasteiger partial charge in [0.1, 0.15) is 5.76 Å². The highest BCUT2D eigenvalue weighted by atomic mass is 16.5. The highest BCUT2D eigenvalue weighted by molar-refractivity contribution is 5.86. The van der Waals surface area contributed by atoms with Gasteiger partial charge < -0.3 is 14.5 Å². The van der Waals surface area contributed by atoms with Crippen LogP contribution in [0, 0.1) is 0 Å². The van der Waals surface area contributed by atoms with E-state index in [0.29, 0.717) is 18.1 Å². The van der Waals surface area contributed by atoms with Crippen molar-refractivity contribution in [2.24, 2.45) is 0 Å². The van der Waals surface area contributed by atoms with E-state index in [1.807, 2.05) is 6.07 Å². The molecule has 2 bridgehead atoms. The molecule has 2 aliphatic rings. The fraction of sp³-hybridized carbons (Fsp3) is 0.688. The number of methoxy groups -OCH3 is 1. The van der Waals surface area contributed by atoms with Crippen LogP contribution in [0.15, 0.2) is 16.5 Å². The number of hydrogen-bond acceptors (Lipinski definition) is 5. The van der Waals surface area contributed by atoms with Gasteiger partial charge in [0.2, 0.25) is 5.76 Å². The summed E-state index contributed by atoms with van der Waals surface area (Å²) in [5, 5.41) is 3.68. The van der Waals surface area contributed by atoms with Gasteiger partial charge in [-0.3, -0.25) is 4.90 Å². The van der Waals surface area contributed by atoms with Gasteiger partial charge in [-0.05, 0) is 44.4 Å². The van der Waals surface area contributed by atoms with Crippen LogP contribution >= 0.6 is 0 Å². The molecule has 0 aliphatic carbocycles. The van der Waals surface area contributed by atoms with Gasteiger partial charge in [0.25, 0.3) is 0 Å². The molecule has 0 spiro atoms. The number of carbonyl (C=O) groups excluding carboxylic acids is 1. The Kier molecular flexibility index (Phi) is 4.31. The third-order valence-electron chi connectivity index (χ3n) is 4.78. The molecule has 2 atom stereocenters. The number of carbonyl (C=O) groups is 1. The number of nitrogens with zero attached hydrogens (tertiary/aromatic N) is 1. The first kappa shape index (κ1) is 14.6. The van der Waals surface area contributed by atoms with E-state index in [1.54, 1.807) is 6.07 Å². The van der Waals surface area contributed by atoms with Crippen LogP contribution in [0.4, 0.5) is 0 Å². The van der Waals surface area contributed by atoms with Gasteiger partial charge in [0.05, 0.1) is 13.7 Å². The second-order valence-electron chi connectivity index (χ2n) is 6.08. The Labute approximate surface area is 125 Å². The van der Waals surface area contributed by atoms with Crippen LogP contribution in [-0.2, 0) is 11.3 Å². The average molecular weight is 292 g/mol. The molecule has 3 rings (SSSR count). The summed E-state index contributed by atoms with van der Waals surface area (Å²) in [6, 6.07) is 5.56. The predicted molar refractivity (Wildman–Crippen MR) is 79.1 cm³/mol. The minimum absolute atomic E-state index is 0.286. The Morgan fingerprint density at radius 1 is 1.38 bits per heavy atom. The maximum atomic E-state index is 11.4. The van der Waals surface area contributed by atoms with E-state index < -0.39 is 5.97 Å². The Morgan fingerprint density at radius 3 is 2.71 bits per heavy atom. The maximum Gasteiger partial charge on any atom is 0.373 e. The number of piperidine rings is 1. The van der Waals surface area contributed by atoms with Crippen molar-refractivity contribution >= 4 is 5.97 Å². The molecule has 0 amide bonds. The summed E-state index contributed by atoms with van der Waals surface area (Å²) < 4.78 is 10.3. The zero-order chi connectivity index (χ0) is 14.8. The number of hydrogen-bond donors (Lipinski definition) is 1. The van der Waals surface area contributed by atoms with Crippen molar-refractivity contribution in [1.82, 2.24) is 10.2 Å². The zero-order valence-electron chi connectivity index (χ0n) is 12.8. The third kappa shape index (κ3) is 3.14. The number of rotatable bonds is 5. The van der Waals surface area contributed by atoms with Gasteiger partial charge in [-0.15, -0.1) is 0 Å². The molecule has 21 heavy (non-hydrogen) atoms. The van der Waals surface area contributed by atoms with E-state index in [2.05, 4.69) is 21.9 Å². The van der Waals surface area contributed by atoms with E-state index in [4.69, 9.17) is 4.42 Å². The number of furan rings is 1. The van der Waals surface area contributed by atoms with Crippen molar-refractivity contribution in [1.29, 1.82) is 0 Å². The Balaban J connectivity index is 1.64. The second-order valence-corrected chi connectivity index (χ2v) is 6.08. The van der Waals surface area contributed by atoms with Crippen LogP contribution in [0.3, 0.4) is 0 Å². The summed E-state index contributed by atoms with van der Waals surface area (Å²) in [6.45, 7) is 3.95. The first-order chi connectivity index (χ1) is 10.2. The molecule has 1 aromatic heterocycles. The summed E-state index contributed by atoms with van der Waals surface area (Å²) in [7, 11) is 1.37. The van der Waals surface area contributed by atoms with Gasteiger partial charge in [-0.1, -0.05) is 6.92 Å². The van der Waals surface area contributed by atoms with Crippen LogP contribution in [-0.4, -0.2) is 42.6 Å². The number of ether oxygens (including phenoxy) is 1. The van der Waals surface area contributed by atoms with Gasteiger partial charge >= 0.3 is 5.97 Å². The summed E-state index contributed by atoms with van der Waals surface area (Å²) in [4.78, 5) is 13.9. The number of esters is 1. The van der Waals surface area contributed by atoms with Gasteiger partial charge in [-0.2, -0.15) is 0 Å². The molecule has 0 saturated carbocycles. The molecule has 5 heteroatoms. The smallest absolute Gasteiger partial charge is 0.373 e. The lowest BCUT2D eigenvalue weighted by molar-refractivity contribution is 0.0559. The number of nitrogens with one attached hydrogen (secondary N) is 1. The van der Waals surface area contributed by atoms with Crippen LogP contribution < -0.4 is 5.32 Å². The highest BCUT2D eigenvalue weighted by Crippen LogP contribution is 2.30. The Hall–Kier alpha value is -1.33. The van der Waals surface area contributed by atoms with Crippen molar-refractivity contribution in [3.05, 3.63) is 23.7 Å². The van der Waals surface area contributed by atoms with E-state index in [1.165, 1.54) is 32.8 Å². The van der Waals surface area contributed by atoms with Crippen molar-refractivity contribution in [2.45, 2.75) is 57.3 Å². The van der Waals surface area contributed by atoms with Gasteiger partial charge in [0, 0.05) is 18.1 Å². The lowest BCUT2D eigenvalue weighted by Gasteiger charge is -2.36. The fourth-order valence-corrected chi connectivity index (χ4v) is 3.70. The molecular weight excluding hydrogens is 268 g/mol. The second kappa shape index (κ2) is 6.20. The SMILES string of the molecule is CCN(Cc1ccc(C(=O)OC)o1)C1CC2CCC(C1)N2. The molecule has 2 saturated heterocycles. The quantitative estimate of drug-likeness (QED) is 0.843. The molecule has 5 nitrogen and oxygen atoms in total. The van der Waals surface area contributed by atoms with E-state index in [9.17, 15) is 4.79 Å². The van der Waals surface area contributed by atoms with Crippen molar-refractivity contribution in [3.63, 3.8) is 0 Å². The van der Waals surface area contributed by atoms with Gasteiger partial charge in [0.15, 0.2) is 0 Å². The van der Waals surface area contributed by atoms with E-state index in [0.717, 1.165) is 18.8 Å². The first-order valence-corrected chi connectivity index (χ1v) is 7.86. The molecular formula is C16H24N2O3. The molecule has 2 aliphatic heterocycles. The monoisotopic (exact) mass is 292 g/mol. The minimum Gasteiger partial charge on any atom is -0.463 e. The largest absolute Gasteiger partial charge is 0.463 e. The van der Waals surface area contributed by atoms with Crippen molar-refractivity contribution in [2.75, 3.05) is 13.7 Å². The first-order valence-electron chi connectivity index (χ1n) is 7.86. The predicted octanol–water partition coefficient (Wildman–Crippen LogP) is 2.17. The van der Waals surface area contributed by atoms with Crippen molar-refractivity contribution in [3.8, 4) is 0 Å². The third-order valence-corrected chi connectivity index (χ3v) is 4.78. The Bertz CT molecular complexity index is 487. The van der Waals surface area contributed by atoms with Gasteiger partial charge in [-0.25, -0.2) is 4.79 Å². The lowest BCUT2D eigenvalue weighted by Crippen LogP contribution is -2.47. The number of fused-ring (bicyclic) bond motifs is 2. The Morgan fingerprint density at radius 2 is 2.10 bits per heavy atom. The molecule has 116 valence electrons. The summed E-state index contributed by atoms with van der Waals surface area (Å²) >= 11 is 0. The summed E-state index contributed by atoms with van der Waals surface area (Å²) in [6.07, 6.45) is 5.06. The molecule has 2 fully saturated rings. The fourth-order valence-electron chi connectivity index (χ4n) is 3.70. The van der Waals surface area contributed by atoms with Crippen LogP contribution in [0.1, 0.15) is 48.9 Å². The lowest BCUT2D eigenvalue weighted by atomic mass is 9.98. The maximum absolute atomic E-state index is 11.4. The topological polar surface area (TPSA) is 54.7 Å². The molecule has 1 aromatic rings. The molecule has 2 unspecified atom stereocenters. The molecule has 1 N–H and O–H groups in total. The van der Waals surface area contributed by atoms with Crippen LogP contribution in [0.25, 0.3) is 0 Å². The standard InChI is InChI=1S/C16H24N2O3/c1-3-18(13-8-11-4-5-12(9-13)17-11)10-14-6-7-15(21-14)16(19)20-2/h6-7,11-13,17H,3-5,8-10H2,1-2H3. The van der Waals surface area contributed by atoms with E-state index in [-0.39, 0.29) is 5.76 Å².